The number of carboxylic acids is 1. The average Bonchev–Trinajstić information content (AvgIpc) is 3.11. The van der Waals surface area contributed by atoms with Gasteiger partial charge in [-0.05, 0) is 30.9 Å². The van der Waals surface area contributed by atoms with Crippen molar-refractivity contribution in [2.45, 2.75) is 19.3 Å². The van der Waals surface area contributed by atoms with E-state index in [4.69, 9.17) is 10.5 Å². The van der Waals surface area contributed by atoms with Crippen LogP contribution in [0.15, 0.2) is 24.3 Å². The number of hydrogen-bond donors (Lipinski definition) is 3. The average molecular weight is 347 g/mol. The number of aliphatic carboxylic acids is 1. The van der Waals surface area contributed by atoms with E-state index >= 15 is 0 Å². The SMILES string of the molecule is NC(=O)COc1cccc(NC(=O)N2C[C@@H]3CCC[C@@]3(C(=O)O)C2)c1. The fourth-order valence-corrected chi connectivity index (χ4v) is 3.81. The van der Waals surface area contributed by atoms with Crippen LogP contribution in [-0.4, -0.2) is 47.6 Å². The summed E-state index contributed by atoms with van der Waals surface area (Å²) in [5.41, 5.74) is 4.74. The Bertz CT molecular complexity index is 707. The number of carbonyl (C=O) groups excluding carboxylic acids is 2. The van der Waals surface area contributed by atoms with Gasteiger partial charge >= 0.3 is 12.0 Å². The van der Waals surface area contributed by atoms with Crippen LogP contribution in [-0.2, 0) is 9.59 Å². The number of fused-ring (bicyclic) bond motifs is 1. The van der Waals surface area contributed by atoms with Crippen molar-refractivity contribution in [1.29, 1.82) is 0 Å². The molecule has 4 N–H and O–H groups in total. The number of anilines is 1. The van der Waals surface area contributed by atoms with Gasteiger partial charge in [-0.1, -0.05) is 12.5 Å². The lowest BCUT2D eigenvalue weighted by Crippen LogP contribution is -2.38. The van der Waals surface area contributed by atoms with Crippen LogP contribution < -0.4 is 15.8 Å². The number of primary amides is 1. The van der Waals surface area contributed by atoms with Gasteiger partial charge in [-0.25, -0.2) is 4.79 Å². The molecule has 0 spiro atoms. The number of nitrogens with zero attached hydrogens (tertiary/aromatic N) is 1. The van der Waals surface area contributed by atoms with E-state index in [1.165, 1.54) is 0 Å². The van der Waals surface area contributed by atoms with E-state index in [1.54, 1.807) is 29.2 Å². The largest absolute Gasteiger partial charge is 0.484 e. The van der Waals surface area contributed by atoms with Gasteiger partial charge in [-0.15, -0.1) is 0 Å². The van der Waals surface area contributed by atoms with Crippen LogP contribution in [0.25, 0.3) is 0 Å². The molecule has 1 aromatic carbocycles. The highest BCUT2D eigenvalue weighted by Crippen LogP contribution is 2.48. The van der Waals surface area contributed by atoms with Crippen LogP contribution in [0.5, 0.6) is 5.75 Å². The Morgan fingerprint density at radius 1 is 1.40 bits per heavy atom. The van der Waals surface area contributed by atoms with Gasteiger partial charge in [0.25, 0.3) is 5.91 Å². The fourth-order valence-electron chi connectivity index (χ4n) is 3.81. The quantitative estimate of drug-likeness (QED) is 0.740. The lowest BCUT2D eigenvalue weighted by atomic mass is 9.81. The molecule has 0 bridgehead atoms. The zero-order chi connectivity index (χ0) is 18.0. The van der Waals surface area contributed by atoms with E-state index in [-0.39, 0.29) is 25.1 Å². The second-order valence-electron chi connectivity index (χ2n) is 6.64. The number of likely N-dealkylation sites (tertiary alicyclic amines) is 1. The first-order chi connectivity index (χ1) is 11.9. The van der Waals surface area contributed by atoms with Crippen molar-refractivity contribution >= 4 is 23.6 Å². The number of carbonyl (C=O) groups is 3. The van der Waals surface area contributed by atoms with Gasteiger partial charge in [0.1, 0.15) is 5.75 Å². The second kappa shape index (κ2) is 6.62. The highest BCUT2D eigenvalue weighted by atomic mass is 16.5. The number of carboxylic acid groups (broad SMARTS) is 1. The zero-order valence-electron chi connectivity index (χ0n) is 13.7. The van der Waals surface area contributed by atoms with Gasteiger partial charge in [0.15, 0.2) is 6.61 Å². The van der Waals surface area contributed by atoms with Crippen LogP contribution in [0.3, 0.4) is 0 Å². The summed E-state index contributed by atoms with van der Waals surface area (Å²) in [5.74, 6) is -0.970. The minimum atomic E-state index is -0.813. The summed E-state index contributed by atoms with van der Waals surface area (Å²) in [5, 5.41) is 12.3. The Kier molecular flexibility index (Phi) is 4.52. The molecule has 1 aromatic rings. The molecule has 1 saturated carbocycles. The molecule has 25 heavy (non-hydrogen) atoms. The summed E-state index contributed by atoms with van der Waals surface area (Å²) in [6.07, 6.45) is 2.35. The van der Waals surface area contributed by atoms with Crippen molar-refractivity contribution in [3.8, 4) is 5.75 Å². The molecule has 0 aromatic heterocycles. The lowest BCUT2D eigenvalue weighted by molar-refractivity contribution is -0.149. The van der Waals surface area contributed by atoms with Crippen LogP contribution in [0, 0.1) is 11.3 Å². The Morgan fingerprint density at radius 2 is 2.20 bits per heavy atom. The van der Waals surface area contributed by atoms with Gasteiger partial charge < -0.3 is 25.8 Å². The molecule has 134 valence electrons. The number of nitrogens with one attached hydrogen (secondary N) is 1. The van der Waals surface area contributed by atoms with Crippen molar-refractivity contribution in [3.63, 3.8) is 0 Å². The Labute approximate surface area is 144 Å². The Morgan fingerprint density at radius 3 is 2.88 bits per heavy atom. The number of amides is 3. The van der Waals surface area contributed by atoms with Gasteiger partial charge in [0.2, 0.25) is 0 Å². The summed E-state index contributed by atoms with van der Waals surface area (Å²) in [6.45, 7) is 0.443. The van der Waals surface area contributed by atoms with Crippen molar-refractivity contribution in [2.24, 2.45) is 17.1 Å². The molecule has 3 amide bonds. The molecule has 1 heterocycles. The maximum atomic E-state index is 12.5. The summed E-state index contributed by atoms with van der Waals surface area (Å²) in [7, 11) is 0. The number of ether oxygens (including phenoxy) is 1. The molecule has 1 saturated heterocycles. The second-order valence-corrected chi connectivity index (χ2v) is 6.64. The maximum absolute atomic E-state index is 12.5. The number of hydrogen-bond acceptors (Lipinski definition) is 4. The summed E-state index contributed by atoms with van der Waals surface area (Å²) in [6, 6.07) is 6.28. The first-order valence-electron chi connectivity index (χ1n) is 8.21. The van der Waals surface area contributed by atoms with E-state index in [0.29, 0.717) is 24.4 Å². The third-order valence-corrected chi connectivity index (χ3v) is 5.05. The van der Waals surface area contributed by atoms with Crippen molar-refractivity contribution in [1.82, 2.24) is 4.90 Å². The molecular weight excluding hydrogens is 326 g/mol. The first-order valence-corrected chi connectivity index (χ1v) is 8.21. The van der Waals surface area contributed by atoms with E-state index in [0.717, 1.165) is 12.8 Å². The van der Waals surface area contributed by atoms with E-state index < -0.39 is 17.3 Å². The molecule has 8 heteroatoms. The number of nitrogens with two attached hydrogens (primary N) is 1. The highest BCUT2D eigenvalue weighted by molar-refractivity contribution is 5.91. The zero-order valence-corrected chi connectivity index (χ0v) is 13.7. The molecule has 0 unspecified atom stereocenters. The number of urea groups is 1. The van der Waals surface area contributed by atoms with Crippen LogP contribution in [0.4, 0.5) is 10.5 Å². The normalized spacial score (nSPS) is 24.6. The van der Waals surface area contributed by atoms with Gasteiger partial charge in [0.05, 0.1) is 5.41 Å². The van der Waals surface area contributed by atoms with E-state index in [2.05, 4.69) is 5.32 Å². The molecule has 2 aliphatic rings. The molecule has 2 fully saturated rings. The monoisotopic (exact) mass is 347 g/mol. The number of rotatable bonds is 5. The Hall–Kier alpha value is -2.77. The molecule has 1 aliphatic heterocycles. The van der Waals surface area contributed by atoms with Crippen molar-refractivity contribution < 1.29 is 24.2 Å². The Balaban J connectivity index is 1.64. The smallest absolute Gasteiger partial charge is 0.321 e. The predicted octanol–water partition coefficient (Wildman–Crippen LogP) is 1.27. The molecule has 8 nitrogen and oxygen atoms in total. The highest BCUT2D eigenvalue weighted by Gasteiger charge is 2.55. The third kappa shape index (κ3) is 3.38. The molecule has 1 aliphatic carbocycles. The number of benzene rings is 1. The van der Waals surface area contributed by atoms with Crippen molar-refractivity contribution in [3.05, 3.63) is 24.3 Å². The standard InChI is InChI=1S/C17H21N3O5/c18-14(21)9-25-13-5-1-4-12(7-13)19-16(24)20-8-11-3-2-6-17(11,10-20)15(22)23/h1,4-5,7,11H,2-3,6,8-10H2,(H2,18,21)(H,19,24)(H,22,23)/t11-,17+/m0/s1. The summed E-state index contributed by atoms with van der Waals surface area (Å²) in [4.78, 5) is 36.5. The van der Waals surface area contributed by atoms with Gasteiger partial charge in [0, 0.05) is 24.8 Å². The minimum Gasteiger partial charge on any atom is -0.484 e. The molecule has 3 rings (SSSR count). The van der Waals surface area contributed by atoms with E-state index in [1.807, 2.05) is 0 Å². The fraction of sp³-hybridized carbons (Fsp3) is 0.471. The molecule has 0 radical (unpaired) electrons. The predicted molar refractivity (Wildman–Crippen MR) is 89.1 cm³/mol. The van der Waals surface area contributed by atoms with Gasteiger partial charge in [-0.2, -0.15) is 0 Å². The topological polar surface area (TPSA) is 122 Å². The summed E-state index contributed by atoms with van der Waals surface area (Å²) < 4.78 is 5.21. The lowest BCUT2D eigenvalue weighted by Gasteiger charge is -2.23. The van der Waals surface area contributed by atoms with Crippen LogP contribution >= 0.6 is 0 Å². The van der Waals surface area contributed by atoms with Crippen LogP contribution in [0.2, 0.25) is 0 Å². The third-order valence-electron chi connectivity index (χ3n) is 5.05. The van der Waals surface area contributed by atoms with Crippen LogP contribution in [0.1, 0.15) is 19.3 Å². The molecule has 2 atom stereocenters. The van der Waals surface area contributed by atoms with E-state index in [9.17, 15) is 19.5 Å². The molecular formula is C17H21N3O5. The van der Waals surface area contributed by atoms with Crippen molar-refractivity contribution in [2.75, 3.05) is 25.0 Å². The summed E-state index contributed by atoms with van der Waals surface area (Å²) >= 11 is 0. The minimum absolute atomic E-state index is 0.0148. The van der Waals surface area contributed by atoms with Gasteiger partial charge in [-0.3, -0.25) is 9.59 Å². The maximum Gasteiger partial charge on any atom is 0.321 e. The first kappa shape index (κ1) is 17.1.